The third-order valence-electron chi connectivity index (χ3n) is 3.94. The number of nitro groups is 1. The first-order valence-electron chi connectivity index (χ1n) is 8.45. The van der Waals surface area contributed by atoms with Crippen LogP contribution in [-0.4, -0.2) is 21.4 Å². The summed E-state index contributed by atoms with van der Waals surface area (Å²) in [5, 5.41) is 16.5. The Hall–Kier alpha value is -3.22. The molecule has 0 bridgehead atoms. The van der Waals surface area contributed by atoms with Gasteiger partial charge in [-0.05, 0) is 23.8 Å². The molecule has 0 fully saturated rings. The topological polar surface area (TPSA) is 90.2 Å². The van der Waals surface area contributed by atoms with E-state index in [1.807, 2.05) is 36.4 Å². The highest BCUT2D eigenvalue weighted by Gasteiger charge is 2.25. The number of aromatic nitrogens is 2. The number of nitrogens with one attached hydrogen (secondary N) is 1. The minimum Gasteiger partial charge on any atom is -0.433 e. The normalized spacial score (nSPS) is 10.9. The van der Waals surface area contributed by atoms with Crippen LogP contribution >= 0.6 is 0 Å². The largest absolute Gasteiger partial charge is 0.433 e. The molecular weight excluding hydrogens is 332 g/mol. The second-order valence-electron chi connectivity index (χ2n) is 6.32. The van der Waals surface area contributed by atoms with E-state index in [0.29, 0.717) is 18.2 Å². The molecule has 0 aliphatic carbocycles. The fourth-order valence-corrected chi connectivity index (χ4v) is 2.60. The number of hydrogen-bond acceptors (Lipinski definition) is 6. The van der Waals surface area contributed by atoms with Gasteiger partial charge in [0.1, 0.15) is 12.1 Å². The smallest absolute Gasteiger partial charge is 0.373 e. The quantitative estimate of drug-likeness (QED) is 0.486. The van der Waals surface area contributed by atoms with Gasteiger partial charge >= 0.3 is 11.6 Å². The Morgan fingerprint density at radius 3 is 2.69 bits per heavy atom. The highest BCUT2D eigenvalue weighted by Crippen LogP contribution is 2.36. The number of benzene rings is 2. The lowest BCUT2D eigenvalue weighted by atomic mass is 10.1. The van der Waals surface area contributed by atoms with E-state index >= 15 is 0 Å². The molecule has 0 spiro atoms. The van der Waals surface area contributed by atoms with Gasteiger partial charge in [0.2, 0.25) is 5.82 Å². The van der Waals surface area contributed by atoms with E-state index in [1.165, 1.54) is 6.33 Å². The number of nitrogens with zero attached hydrogens (tertiary/aromatic N) is 3. The van der Waals surface area contributed by atoms with Crippen molar-refractivity contribution in [1.29, 1.82) is 0 Å². The SMILES string of the molecule is CC(C)CCNc1ncnc(Oc2cccc3ccccc23)c1[N+](=O)[O-]. The van der Waals surface area contributed by atoms with Gasteiger partial charge in [0.15, 0.2) is 0 Å². The number of ether oxygens (including phenoxy) is 1. The molecule has 0 radical (unpaired) electrons. The van der Waals surface area contributed by atoms with Gasteiger partial charge in [-0.25, -0.2) is 4.98 Å². The van der Waals surface area contributed by atoms with E-state index in [2.05, 4.69) is 29.1 Å². The average Bonchev–Trinajstić information content (AvgIpc) is 2.61. The standard InChI is InChI=1S/C19H20N4O3/c1-13(2)10-11-20-18-17(23(24)25)19(22-12-21-18)26-16-9-5-7-14-6-3-4-8-15(14)16/h3-9,12-13H,10-11H2,1-2H3,(H,20,21,22). The van der Waals surface area contributed by atoms with Gasteiger partial charge in [-0.3, -0.25) is 10.1 Å². The van der Waals surface area contributed by atoms with E-state index in [1.54, 1.807) is 6.07 Å². The zero-order chi connectivity index (χ0) is 18.5. The van der Waals surface area contributed by atoms with Gasteiger partial charge in [-0.2, -0.15) is 4.98 Å². The van der Waals surface area contributed by atoms with Crippen molar-refractivity contribution in [2.45, 2.75) is 20.3 Å². The summed E-state index contributed by atoms with van der Waals surface area (Å²) in [6.45, 7) is 4.76. The minimum absolute atomic E-state index is 0.0756. The van der Waals surface area contributed by atoms with Crippen LogP contribution in [0.4, 0.5) is 11.5 Å². The molecule has 0 aliphatic heterocycles. The van der Waals surface area contributed by atoms with Crippen LogP contribution < -0.4 is 10.1 Å². The van der Waals surface area contributed by atoms with Crippen LogP contribution in [-0.2, 0) is 0 Å². The Morgan fingerprint density at radius 2 is 1.92 bits per heavy atom. The predicted octanol–water partition coefficient (Wildman–Crippen LogP) is 4.79. The average molecular weight is 352 g/mol. The lowest BCUT2D eigenvalue weighted by Crippen LogP contribution is -2.09. The lowest BCUT2D eigenvalue weighted by Gasteiger charge is -2.11. The Balaban J connectivity index is 1.95. The van der Waals surface area contributed by atoms with Gasteiger partial charge < -0.3 is 10.1 Å². The molecule has 0 saturated heterocycles. The summed E-state index contributed by atoms with van der Waals surface area (Å²) < 4.78 is 5.82. The molecule has 1 heterocycles. The summed E-state index contributed by atoms with van der Waals surface area (Å²) in [6.07, 6.45) is 2.14. The number of anilines is 1. The number of hydrogen-bond donors (Lipinski definition) is 1. The van der Waals surface area contributed by atoms with E-state index in [0.717, 1.165) is 17.2 Å². The second kappa shape index (κ2) is 7.77. The van der Waals surface area contributed by atoms with Crippen LogP contribution in [0.1, 0.15) is 20.3 Å². The molecule has 0 amide bonds. The molecule has 134 valence electrons. The van der Waals surface area contributed by atoms with Crippen LogP contribution in [0.2, 0.25) is 0 Å². The monoisotopic (exact) mass is 352 g/mol. The van der Waals surface area contributed by atoms with Crippen LogP contribution in [0.5, 0.6) is 11.6 Å². The predicted molar refractivity (Wildman–Crippen MR) is 101 cm³/mol. The van der Waals surface area contributed by atoms with Crippen molar-refractivity contribution in [3.63, 3.8) is 0 Å². The molecule has 2 aromatic carbocycles. The van der Waals surface area contributed by atoms with Gasteiger partial charge in [-0.15, -0.1) is 0 Å². The van der Waals surface area contributed by atoms with E-state index in [9.17, 15) is 10.1 Å². The highest BCUT2D eigenvalue weighted by atomic mass is 16.6. The van der Waals surface area contributed by atoms with Crippen molar-refractivity contribution in [2.75, 3.05) is 11.9 Å². The van der Waals surface area contributed by atoms with E-state index in [4.69, 9.17) is 4.74 Å². The van der Waals surface area contributed by atoms with Crippen LogP contribution in [0.15, 0.2) is 48.8 Å². The summed E-state index contributed by atoms with van der Waals surface area (Å²) in [7, 11) is 0. The summed E-state index contributed by atoms with van der Waals surface area (Å²) in [5.41, 5.74) is -0.260. The van der Waals surface area contributed by atoms with E-state index in [-0.39, 0.29) is 17.4 Å². The maximum Gasteiger partial charge on any atom is 0.373 e. The van der Waals surface area contributed by atoms with Gasteiger partial charge in [0.25, 0.3) is 0 Å². The zero-order valence-corrected chi connectivity index (χ0v) is 14.7. The van der Waals surface area contributed by atoms with Crippen molar-refractivity contribution >= 4 is 22.3 Å². The van der Waals surface area contributed by atoms with Gasteiger partial charge in [-0.1, -0.05) is 50.2 Å². The van der Waals surface area contributed by atoms with Crippen molar-refractivity contribution in [1.82, 2.24) is 9.97 Å². The number of rotatable bonds is 7. The van der Waals surface area contributed by atoms with Crippen molar-refractivity contribution in [2.24, 2.45) is 5.92 Å². The van der Waals surface area contributed by atoms with E-state index < -0.39 is 4.92 Å². The summed E-state index contributed by atoms with van der Waals surface area (Å²) in [5.74, 6) is 1.09. The third-order valence-corrected chi connectivity index (χ3v) is 3.94. The molecule has 26 heavy (non-hydrogen) atoms. The summed E-state index contributed by atoms with van der Waals surface area (Å²) in [6, 6.07) is 13.2. The Labute approximate surface area is 151 Å². The molecule has 7 heteroatoms. The lowest BCUT2D eigenvalue weighted by molar-refractivity contribution is -0.385. The first kappa shape index (κ1) is 17.6. The van der Waals surface area contributed by atoms with Crippen molar-refractivity contribution in [3.8, 4) is 11.6 Å². The van der Waals surface area contributed by atoms with Crippen LogP contribution in [0, 0.1) is 16.0 Å². The maximum atomic E-state index is 11.6. The van der Waals surface area contributed by atoms with Gasteiger partial charge in [0.05, 0.1) is 4.92 Å². The summed E-state index contributed by atoms with van der Waals surface area (Å²) >= 11 is 0. The zero-order valence-electron chi connectivity index (χ0n) is 14.7. The maximum absolute atomic E-state index is 11.6. The first-order chi connectivity index (χ1) is 12.6. The molecule has 0 saturated carbocycles. The molecular formula is C19H20N4O3. The Morgan fingerprint density at radius 1 is 1.15 bits per heavy atom. The molecule has 0 unspecified atom stereocenters. The number of fused-ring (bicyclic) bond motifs is 1. The molecule has 0 atom stereocenters. The molecule has 3 aromatic rings. The highest BCUT2D eigenvalue weighted by molar-refractivity contribution is 5.88. The Kier molecular flexibility index (Phi) is 5.26. The molecule has 1 N–H and O–H groups in total. The molecule has 1 aromatic heterocycles. The van der Waals surface area contributed by atoms with Crippen molar-refractivity contribution in [3.05, 3.63) is 58.9 Å². The van der Waals surface area contributed by atoms with Crippen LogP contribution in [0.3, 0.4) is 0 Å². The molecule has 0 aliphatic rings. The van der Waals surface area contributed by atoms with Gasteiger partial charge in [0, 0.05) is 11.9 Å². The van der Waals surface area contributed by atoms with Crippen molar-refractivity contribution < 1.29 is 9.66 Å². The third kappa shape index (κ3) is 3.88. The minimum atomic E-state index is -0.516. The Bertz CT molecular complexity index is 922. The fraction of sp³-hybridized carbons (Fsp3) is 0.263. The van der Waals surface area contributed by atoms with Crippen LogP contribution in [0.25, 0.3) is 10.8 Å². The first-order valence-corrected chi connectivity index (χ1v) is 8.45. The molecule has 7 nitrogen and oxygen atoms in total. The second-order valence-corrected chi connectivity index (χ2v) is 6.32. The summed E-state index contributed by atoms with van der Waals surface area (Å²) in [4.78, 5) is 19.1. The molecule has 3 rings (SSSR count). The fourth-order valence-electron chi connectivity index (χ4n) is 2.60.